The normalized spacial score (nSPS) is 11.6. The van der Waals surface area contributed by atoms with Crippen LogP contribution in [-0.2, 0) is 14.3 Å². The minimum absolute atomic E-state index is 0.0301. The maximum Gasteiger partial charge on any atom is 0.305 e. The van der Waals surface area contributed by atoms with E-state index in [1.807, 2.05) is 0 Å². The summed E-state index contributed by atoms with van der Waals surface area (Å²) in [5.74, 6) is 0.394. The van der Waals surface area contributed by atoms with Crippen molar-refractivity contribution in [1.29, 1.82) is 0 Å². The molecule has 0 saturated carbocycles. The molecule has 0 saturated heterocycles. The van der Waals surface area contributed by atoms with Crippen LogP contribution in [0.4, 0.5) is 0 Å². The van der Waals surface area contributed by atoms with E-state index in [9.17, 15) is 9.59 Å². The highest BCUT2D eigenvalue weighted by atomic mass is 16.7. The molecular formula is C14H18O5. The smallest absolute Gasteiger partial charge is 0.305 e. The Hall–Kier alpha value is -2.04. The summed E-state index contributed by atoms with van der Waals surface area (Å²) in [7, 11) is 1.54. The van der Waals surface area contributed by atoms with Crippen molar-refractivity contribution in [3.63, 3.8) is 0 Å². The van der Waals surface area contributed by atoms with E-state index in [4.69, 9.17) is 14.2 Å². The first-order valence-corrected chi connectivity index (χ1v) is 5.90. The topological polar surface area (TPSA) is 61.8 Å². The number of carbonyl (C=O) groups excluding carboxylic acids is 2. The summed E-state index contributed by atoms with van der Waals surface area (Å²) in [5, 5.41) is 0. The number of methoxy groups -OCH3 is 1. The summed E-state index contributed by atoms with van der Waals surface area (Å²) in [5.41, 5.74) is 0.737. The van der Waals surface area contributed by atoms with Crippen molar-refractivity contribution in [2.45, 2.75) is 26.7 Å². The van der Waals surface area contributed by atoms with Crippen molar-refractivity contribution in [1.82, 2.24) is 0 Å². The van der Waals surface area contributed by atoms with Crippen LogP contribution in [0.5, 0.6) is 11.5 Å². The molecule has 0 radical (unpaired) electrons. The number of esters is 1. The first-order chi connectivity index (χ1) is 8.95. The molecule has 5 heteroatoms. The molecule has 0 spiro atoms. The Bertz CT molecular complexity index is 467. The second-order valence-electron chi connectivity index (χ2n) is 4.13. The fourth-order valence-corrected chi connectivity index (χ4v) is 1.52. The molecule has 0 fully saturated rings. The molecule has 1 unspecified atom stereocenters. The molecule has 0 aliphatic rings. The molecule has 1 rings (SSSR count). The van der Waals surface area contributed by atoms with Crippen molar-refractivity contribution in [2.24, 2.45) is 0 Å². The Morgan fingerprint density at radius 2 is 1.95 bits per heavy atom. The van der Waals surface area contributed by atoms with Gasteiger partial charge in [0.2, 0.25) is 6.79 Å². The Balaban J connectivity index is 2.95. The number of hydrogen-bond acceptors (Lipinski definition) is 5. The standard InChI is InChI=1S/C14H18O5/c1-9(10(2)15)13-6-5-12(17-4)7-14(13)19-8-18-11(3)16/h5-7,9H,8H2,1-4H3. The van der Waals surface area contributed by atoms with Crippen LogP contribution in [0.3, 0.4) is 0 Å². The maximum absolute atomic E-state index is 11.5. The predicted octanol–water partition coefficient (Wildman–Crippen LogP) is 2.29. The molecule has 0 aromatic heterocycles. The largest absolute Gasteiger partial charge is 0.497 e. The number of rotatable bonds is 6. The van der Waals surface area contributed by atoms with Gasteiger partial charge >= 0.3 is 5.97 Å². The third-order valence-corrected chi connectivity index (χ3v) is 2.77. The number of ketones is 1. The van der Waals surface area contributed by atoms with Gasteiger partial charge in [0.15, 0.2) is 0 Å². The quantitative estimate of drug-likeness (QED) is 0.584. The van der Waals surface area contributed by atoms with Gasteiger partial charge in [-0.15, -0.1) is 0 Å². The van der Waals surface area contributed by atoms with E-state index in [2.05, 4.69) is 0 Å². The summed E-state index contributed by atoms with van der Waals surface area (Å²) in [4.78, 5) is 22.2. The first kappa shape index (κ1) is 15.0. The molecule has 1 aromatic rings. The van der Waals surface area contributed by atoms with E-state index in [0.29, 0.717) is 11.5 Å². The average Bonchev–Trinajstić information content (AvgIpc) is 2.37. The molecular weight excluding hydrogens is 248 g/mol. The van der Waals surface area contributed by atoms with E-state index in [-0.39, 0.29) is 18.5 Å². The van der Waals surface area contributed by atoms with E-state index in [1.54, 1.807) is 32.2 Å². The van der Waals surface area contributed by atoms with Crippen LogP contribution in [-0.4, -0.2) is 25.7 Å². The highest BCUT2D eigenvalue weighted by Crippen LogP contribution is 2.31. The van der Waals surface area contributed by atoms with Crippen LogP contribution in [0.25, 0.3) is 0 Å². The van der Waals surface area contributed by atoms with Gasteiger partial charge in [-0.1, -0.05) is 13.0 Å². The highest BCUT2D eigenvalue weighted by molar-refractivity contribution is 5.83. The van der Waals surface area contributed by atoms with Crippen LogP contribution in [0.15, 0.2) is 18.2 Å². The SMILES string of the molecule is COc1ccc(C(C)C(C)=O)c(OCOC(C)=O)c1. The molecule has 0 heterocycles. The third kappa shape index (κ3) is 4.28. The lowest BCUT2D eigenvalue weighted by Crippen LogP contribution is -2.11. The third-order valence-electron chi connectivity index (χ3n) is 2.77. The Kier molecular flexibility index (Phi) is 5.36. The molecule has 0 aliphatic heterocycles. The minimum Gasteiger partial charge on any atom is -0.497 e. The van der Waals surface area contributed by atoms with Crippen LogP contribution in [0, 0.1) is 0 Å². The van der Waals surface area contributed by atoms with Crippen molar-refractivity contribution in [2.75, 3.05) is 13.9 Å². The van der Waals surface area contributed by atoms with E-state index in [0.717, 1.165) is 5.56 Å². The molecule has 19 heavy (non-hydrogen) atoms. The summed E-state index contributed by atoms with van der Waals surface area (Å²) < 4.78 is 15.2. The van der Waals surface area contributed by atoms with Crippen molar-refractivity contribution in [3.8, 4) is 11.5 Å². The number of Topliss-reactive ketones (excluding diaryl/α,β-unsaturated/α-hetero) is 1. The minimum atomic E-state index is -0.427. The molecule has 0 amide bonds. The molecule has 5 nitrogen and oxygen atoms in total. The zero-order chi connectivity index (χ0) is 14.4. The van der Waals surface area contributed by atoms with Gasteiger partial charge in [-0.2, -0.15) is 0 Å². The lowest BCUT2D eigenvalue weighted by Gasteiger charge is -2.16. The van der Waals surface area contributed by atoms with Gasteiger partial charge in [-0.25, -0.2) is 0 Å². The van der Waals surface area contributed by atoms with Gasteiger partial charge in [0, 0.05) is 24.5 Å². The predicted molar refractivity (Wildman–Crippen MR) is 69.4 cm³/mol. The van der Waals surface area contributed by atoms with Gasteiger partial charge in [0.1, 0.15) is 17.3 Å². The van der Waals surface area contributed by atoms with Gasteiger partial charge in [0.25, 0.3) is 0 Å². The highest BCUT2D eigenvalue weighted by Gasteiger charge is 2.17. The van der Waals surface area contributed by atoms with Gasteiger partial charge in [0.05, 0.1) is 7.11 Å². The van der Waals surface area contributed by atoms with E-state index >= 15 is 0 Å². The second-order valence-corrected chi connectivity index (χ2v) is 4.13. The zero-order valence-electron chi connectivity index (χ0n) is 11.6. The van der Waals surface area contributed by atoms with Crippen LogP contribution < -0.4 is 9.47 Å². The zero-order valence-corrected chi connectivity index (χ0v) is 11.6. The van der Waals surface area contributed by atoms with Gasteiger partial charge in [-0.3, -0.25) is 9.59 Å². The first-order valence-electron chi connectivity index (χ1n) is 5.90. The van der Waals surface area contributed by atoms with E-state index in [1.165, 1.54) is 13.8 Å². The van der Waals surface area contributed by atoms with Crippen LogP contribution in [0.1, 0.15) is 32.3 Å². The molecule has 0 bridgehead atoms. The van der Waals surface area contributed by atoms with E-state index < -0.39 is 5.97 Å². The summed E-state index contributed by atoms with van der Waals surface area (Å²) >= 11 is 0. The maximum atomic E-state index is 11.5. The van der Waals surface area contributed by atoms with Gasteiger partial charge in [-0.05, 0) is 13.0 Å². The average molecular weight is 266 g/mol. The fraction of sp³-hybridized carbons (Fsp3) is 0.429. The molecule has 1 aromatic carbocycles. The second kappa shape index (κ2) is 6.78. The van der Waals surface area contributed by atoms with Crippen molar-refractivity contribution >= 4 is 11.8 Å². The number of hydrogen-bond donors (Lipinski definition) is 0. The molecule has 104 valence electrons. The number of benzene rings is 1. The number of carbonyl (C=O) groups is 2. The van der Waals surface area contributed by atoms with Crippen molar-refractivity contribution < 1.29 is 23.8 Å². The summed E-state index contributed by atoms with van der Waals surface area (Å²) in [6, 6.07) is 5.19. The van der Waals surface area contributed by atoms with Crippen LogP contribution >= 0.6 is 0 Å². The van der Waals surface area contributed by atoms with Crippen LogP contribution in [0.2, 0.25) is 0 Å². The molecule has 1 atom stereocenters. The Morgan fingerprint density at radius 1 is 1.26 bits per heavy atom. The Morgan fingerprint density at radius 3 is 2.47 bits per heavy atom. The monoisotopic (exact) mass is 266 g/mol. The lowest BCUT2D eigenvalue weighted by atomic mass is 9.96. The summed E-state index contributed by atoms with van der Waals surface area (Å²) in [6.45, 7) is 4.42. The van der Waals surface area contributed by atoms with Crippen molar-refractivity contribution in [3.05, 3.63) is 23.8 Å². The number of ether oxygens (including phenoxy) is 3. The Labute approximate surface area is 112 Å². The van der Waals surface area contributed by atoms with Gasteiger partial charge < -0.3 is 14.2 Å². The fourth-order valence-electron chi connectivity index (χ4n) is 1.52. The molecule has 0 aliphatic carbocycles. The summed E-state index contributed by atoms with van der Waals surface area (Å²) in [6.07, 6.45) is 0. The lowest BCUT2D eigenvalue weighted by molar-refractivity contribution is -0.147. The molecule has 0 N–H and O–H groups in total.